The first-order valence-electron chi connectivity index (χ1n) is 4.21. The topological polar surface area (TPSA) is 53.4 Å². The molecule has 14 heavy (non-hydrogen) atoms. The Kier molecular flexibility index (Phi) is 2.47. The average molecular weight is 216 g/mol. The van der Waals surface area contributed by atoms with Crippen molar-refractivity contribution >= 4 is 17.3 Å². The van der Waals surface area contributed by atoms with Crippen molar-refractivity contribution in [3.8, 4) is 0 Å². The fourth-order valence-corrected chi connectivity index (χ4v) is 2.43. The van der Waals surface area contributed by atoms with Crippen molar-refractivity contribution < 1.29 is 14.3 Å². The van der Waals surface area contributed by atoms with Crippen molar-refractivity contribution in [2.75, 3.05) is 13.3 Å². The minimum Gasteiger partial charge on any atom is -0.476 e. The third-order valence-corrected chi connectivity index (χ3v) is 3.23. The molecule has 0 fully saturated rings. The number of thiazole rings is 1. The molecule has 0 aromatic carbocycles. The first kappa shape index (κ1) is 9.54. The van der Waals surface area contributed by atoms with Crippen LogP contribution in [0.15, 0.2) is 0 Å². The molecule has 6 heteroatoms. The summed E-state index contributed by atoms with van der Waals surface area (Å²) in [4.78, 5) is 17.1. The molecule has 1 aliphatic heterocycles. The molecule has 2 heterocycles. The second-order valence-electron chi connectivity index (χ2n) is 3.12. The Balaban J connectivity index is 2.25. The van der Waals surface area contributed by atoms with Crippen LogP contribution in [0.4, 0.5) is 4.39 Å². The highest BCUT2D eigenvalue weighted by Crippen LogP contribution is 2.24. The quantitative estimate of drug-likeness (QED) is 0.753. The first-order chi connectivity index (χ1) is 6.70. The SMILES string of the molecule is O=C(O)c1nc2c(s1)CN(CF)CC2. The summed E-state index contributed by atoms with van der Waals surface area (Å²) in [5.41, 5.74) is 0.817. The van der Waals surface area contributed by atoms with Crippen molar-refractivity contribution in [3.05, 3.63) is 15.6 Å². The van der Waals surface area contributed by atoms with Gasteiger partial charge in [-0.25, -0.2) is 14.2 Å². The summed E-state index contributed by atoms with van der Waals surface area (Å²) in [6.45, 7) is 0.614. The van der Waals surface area contributed by atoms with Gasteiger partial charge in [0.1, 0.15) is 6.80 Å². The molecule has 1 aromatic heterocycles. The lowest BCUT2D eigenvalue weighted by atomic mass is 10.2. The van der Waals surface area contributed by atoms with Gasteiger partial charge in [0.15, 0.2) is 0 Å². The molecular weight excluding hydrogens is 207 g/mol. The molecule has 0 aliphatic carbocycles. The molecule has 2 rings (SSSR count). The molecule has 1 N–H and O–H groups in total. The Hall–Kier alpha value is -1.01. The van der Waals surface area contributed by atoms with E-state index < -0.39 is 12.8 Å². The number of nitrogens with zero attached hydrogens (tertiary/aromatic N) is 2. The Morgan fingerprint density at radius 2 is 2.50 bits per heavy atom. The summed E-state index contributed by atoms with van der Waals surface area (Å²) in [6.07, 6.45) is 0.642. The van der Waals surface area contributed by atoms with Crippen LogP contribution >= 0.6 is 11.3 Å². The van der Waals surface area contributed by atoms with E-state index in [9.17, 15) is 9.18 Å². The largest absolute Gasteiger partial charge is 0.476 e. The molecule has 0 unspecified atom stereocenters. The lowest BCUT2D eigenvalue weighted by molar-refractivity contribution is 0.0696. The lowest BCUT2D eigenvalue weighted by Gasteiger charge is -2.21. The number of alkyl halides is 1. The van der Waals surface area contributed by atoms with Gasteiger partial charge in [0.2, 0.25) is 5.01 Å². The van der Waals surface area contributed by atoms with E-state index in [1.807, 2.05) is 0 Å². The number of hydrogen-bond acceptors (Lipinski definition) is 4. The van der Waals surface area contributed by atoms with Gasteiger partial charge in [-0.15, -0.1) is 11.3 Å². The maximum absolute atomic E-state index is 12.3. The summed E-state index contributed by atoms with van der Waals surface area (Å²) in [7, 11) is 0. The van der Waals surface area contributed by atoms with Crippen LogP contribution in [0.1, 0.15) is 20.4 Å². The molecule has 0 saturated carbocycles. The predicted octanol–water partition coefficient (Wildman–Crippen LogP) is 1.13. The summed E-state index contributed by atoms with van der Waals surface area (Å²) in [6, 6.07) is 0. The second-order valence-corrected chi connectivity index (χ2v) is 4.20. The number of aromatic nitrogens is 1. The van der Waals surface area contributed by atoms with Gasteiger partial charge in [-0.3, -0.25) is 4.90 Å². The van der Waals surface area contributed by atoms with E-state index in [-0.39, 0.29) is 5.01 Å². The number of hydrogen-bond donors (Lipinski definition) is 1. The highest BCUT2D eigenvalue weighted by molar-refractivity contribution is 7.13. The highest BCUT2D eigenvalue weighted by Gasteiger charge is 2.22. The van der Waals surface area contributed by atoms with Crippen LogP contribution in [-0.2, 0) is 13.0 Å². The number of fused-ring (bicyclic) bond motifs is 1. The summed E-state index contributed by atoms with van der Waals surface area (Å²) < 4.78 is 12.3. The molecule has 0 radical (unpaired) electrons. The van der Waals surface area contributed by atoms with Crippen molar-refractivity contribution in [1.29, 1.82) is 0 Å². The fourth-order valence-electron chi connectivity index (χ4n) is 1.44. The molecule has 1 aromatic rings. The van der Waals surface area contributed by atoms with Gasteiger partial charge in [-0.1, -0.05) is 0 Å². The van der Waals surface area contributed by atoms with Crippen LogP contribution < -0.4 is 0 Å². The van der Waals surface area contributed by atoms with Crippen molar-refractivity contribution in [1.82, 2.24) is 9.88 Å². The monoisotopic (exact) mass is 216 g/mol. The maximum Gasteiger partial charge on any atom is 0.365 e. The molecule has 0 atom stereocenters. The second kappa shape index (κ2) is 3.62. The third-order valence-electron chi connectivity index (χ3n) is 2.16. The zero-order chi connectivity index (χ0) is 10.1. The van der Waals surface area contributed by atoms with E-state index in [0.29, 0.717) is 19.5 Å². The number of carbonyl (C=O) groups is 1. The Morgan fingerprint density at radius 3 is 3.14 bits per heavy atom. The van der Waals surface area contributed by atoms with E-state index in [0.717, 1.165) is 21.9 Å². The number of carboxylic acid groups (broad SMARTS) is 1. The molecule has 0 bridgehead atoms. The molecular formula is C8H9FN2O2S. The number of carboxylic acids is 1. The Morgan fingerprint density at radius 1 is 1.71 bits per heavy atom. The van der Waals surface area contributed by atoms with Gasteiger partial charge in [-0.05, 0) is 0 Å². The molecule has 4 nitrogen and oxygen atoms in total. The van der Waals surface area contributed by atoms with Gasteiger partial charge >= 0.3 is 5.97 Å². The number of aromatic carboxylic acids is 1. The van der Waals surface area contributed by atoms with Crippen LogP contribution in [0.5, 0.6) is 0 Å². The van der Waals surface area contributed by atoms with Crippen LogP contribution in [0.25, 0.3) is 0 Å². The standard InChI is InChI=1S/C8H9FN2O2S/c9-4-11-2-1-5-6(3-11)14-7(10-5)8(12)13/h1-4H2,(H,12,13). The Bertz CT molecular complexity index is 366. The minimum atomic E-state index is -1.00. The average Bonchev–Trinajstić information content (AvgIpc) is 2.59. The first-order valence-corrected chi connectivity index (χ1v) is 5.02. The smallest absolute Gasteiger partial charge is 0.365 e. The van der Waals surface area contributed by atoms with Crippen LogP contribution in [0.2, 0.25) is 0 Å². The van der Waals surface area contributed by atoms with Gasteiger partial charge < -0.3 is 5.11 Å². The van der Waals surface area contributed by atoms with Crippen LogP contribution in [0, 0.1) is 0 Å². The van der Waals surface area contributed by atoms with E-state index in [1.54, 1.807) is 4.90 Å². The Labute approximate surface area is 84.0 Å². The zero-order valence-corrected chi connectivity index (χ0v) is 8.18. The highest BCUT2D eigenvalue weighted by atomic mass is 32.1. The van der Waals surface area contributed by atoms with Crippen molar-refractivity contribution in [2.24, 2.45) is 0 Å². The third kappa shape index (κ3) is 1.62. The fraction of sp³-hybridized carbons (Fsp3) is 0.500. The summed E-state index contributed by atoms with van der Waals surface area (Å²) in [5, 5.41) is 8.82. The maximum atomic E-state index is 12.3. The van der Waals surface area contributed by atoms with Gasteiger partial charge in [-0.2, -0.15) is 0 Å². The van der Waals surface area contributed by atoms with E-state index >= 15 is 0 Å². The van der Waals surface area contributed by atoms with Crippen molar-refractivity contribution in [3.63, 3.8) is 0 Å². The van der Waals surface area contributed by atoms with Crippen LogP contribution in [-0.4, -0.2) is 34.3 Å². The molecule has 0 saturated heterocycles. The van der Waals surface area contributed by atoms with Crippen LogP contribution in [0.3, 0.4) is 0 Å². The predicted molar refractivity (Wildman–Crippen MR) is 49.2 cm³/mol. The van der Waals surface area contributed by atoms with Gasteiger partial charge in [0.25, 0.3) is 0 Å². The van der Waals surface area contributed by atoms with E-state index in [2.05, 4.69) is 4.98 Å². The molecule has 0 spiro atoms. The van der Waals surface area contributed by atoms with Gasteiger partial charge in [0.05, 0.1) is 5.69 Å². The molecule has 0 amide bonds. The van der Waals surface area contributed by atoms with Gasteiger partial charge in [0, 0.05) is 24.4 Å². The van der Waals surface area contributed by atoms with E-state index in [1.165, 1.54) is 0 Å². The molecule has 1 aliphatic rings. The van der Waals surface area contributed by atoms with Crippen molar-refractivity contribution in [2.45, 2.75) is 13.0 Å². The normalized spacial score (nSPS) is 16.6. The lowest BCUT2D eigenvalue weighted by Crippen LogP contribution is -2.28. The minimum absolute atomic E-state index is 0.107. The summed E-state index contributed by atoms with van der Waals surface area (Å²) in [5.74, 6) is -1.00. The summed E-state index contributed by atoms with van der Waals surface area (Å²) >= 11 is 1.14. The number of rotatable bonds is 2. The van der Waals surface area contributed by atoms with E-state index in [4.69, 9.17) is 5.11 Å². The molecule has 76 valence electrons. The number of halogens is 1. The zero-order valence-electron chi connectivity index (χ0n) is 7.36.